The third-order valence-corrected chi connectivity index (χ3v) is 17.5. The molecule has 10 aromatic rings. The first-order valence-electron chi connectivity index (χ1n) is 31.8. The maximum absolute atomic E-state index is 8.09. The summed E-state index contributed by atoms with van der Waals surface area (Å²) in [5.41, 5.74) is 16.9. The fraction of sp³-hybridized carbons (Fsp3) is 0.395. The highest BCUT2D eigenvalue weighted by molar-refractivity contribution is 6.11. The van der Waals surface area contributed by atoms with Gasteiger partial charge in [-0.2, -0.15) is 0 Å². The number of hydrogen-bond acceptors (Lipinski definition) is 6. The van der Waals surface area contributed by atoms with Crippen molar-refractivity contribution < 1.29 is 0 Å². The van der Waals surface area contributed by atoms with E-state index in [2.05, 4.69) is 297 Å². The molecule has 7 aromatic carbocycles. The minimum atomic E-state index is -0.171. The van der Waals surface area contributed by atoms with Crippen LogP contribution < -0.4 is 0 Å². The predicted octanol–water partition coefficient (Wildman–Crippen LogP) is 22.1. The molecule has 0 unspecified atom stereocenters. The third kappa shape index (κ3) is 13.3. The van der Waals surface area contributed by atoms with Crippen molar-refractivity contribution in [3.63, 3.8) is 0 Å². The molecule has 3 aromatic heterocycles. The molecule has 0 fully saturated rings. The van der Waals surface area contributed by atoms with Crippen LogP contribution in [-0.4, -0.2) is 34.5 Å². The van der Waals surface area contributed by atoms with Gasteiger partial charge in [0.1, 0.15) is 0 Å². The normalized spacial score (nSPS) is 13.2. The number of hydrogen-bond donors (Lipinski definition) is 0. The van der Waals surface area contributed by atoms with Crippen LogP contribution in [-0.2, 0) is 43.3 Å². The molecule has 8 heteroatoms. The summed E-state index contributed by atoms with van der Waals surface area (Å²) in [5, 5.41) is 2.02. The quantitative estimate of drug-likeness (QED) is 0.148. The molecule has 0 aliphatic heterocycles. The Morgan fingerprint density at radius 3 is 0.888 bits per heavy atom. The van der Waals surface area contributed by atoms with E-state index >= 15 is 0 Å². The molecular weight excluding hydrogens is 1080 g/mol. The molecule has 0 radical (unpaired) electrons. The molecule has 0 spiro atoms. The fourth-order valence-electron chi connectivity index (χ4n) is 11.3. The van der Waals surface area contributed by atoms with E-state index in [4.69, 9.17) is 36.5 Å². The molecule has 0 aliphatic carbocycles. The van der Waals surface area contributed by atoms with Crippen LogP contribution in [0.2, 0.25) is 0 Å². The van der Waals surface area contributed by atoms with Crippen LogP contribution in [0.25, 0.3) is 101 Å². The number of aromatic nitrogens is 7. The number of rotatable bonds is 7. The molecule has 0 atom stereocenters. The summed E-state index contributed by atoms with van der Waals surface area (Å²) in [7, 11) is 0. The third-order valence-electron chi connectivity index (χ3n) is 17.5. The van der Waals surface area contributed by atoms with Crippen molar-refractivity contribution in [2.75, 3.05) is 0 Å². The van der Waals surface area contributed by atoms with E-state index in [0.717, 1.165) is 60.9 Å². The van der Waals surface area contributed by atoms with Crippen molar-refractivity contribution in [2.45, 2.75) is 209 Å². The van der Waals surface area contributed by atoms with E-state index in [-0.39, 0.29) is 43.3 Å². The lowest BCUT2D eigenvalue weighted by molar-refractivity contribution is 0.568. The Kier molecular flexibility index (Phi) is 15.9. The van der Waals surface area contributed by atoms with E-state index in [9.17, 15) is 0 Å². The summed E-state index contributed by atoms with van der Waals surface area (Å²) >= 11 is 0. The molecule has 0 saturated heterocycles. The number of para-hydroxylation sites is 1. The number of fused-ring (bicyclic) bond motifs is 3. The lowest BCUT2D eigenvalue weighted by Crippen LogP contribution is -2.17. The van der Waals surface area contributed by atoms with Crippen LogP contribution in [0.4, 0.5) is 5.69 Å². The summed E-state index contributed by atoms with van der Waals surface area (Å²) in [6.45, 7) is 62.6. The van der Waals surface area contributed by atoms with Crippen molar-refractivity contribution in [3.05, 3.63) is 189 Å². The second-order valence-electron chi connectivity index (χ2n) is 33.2. The van der Waals surface area contributed by atoms with Crippen LogP contribution in [0.3, 0.4) is 0 Å². The molecule has 3 heterocycles. The van der Waals surface area contributed by atoms with Gasteiger partial charge in [0, 0.05) is 38.8 Å². The predicted molar refractivity (Wildman–Crippen MR) is 376 cm³/mol. The van der Waals surface area contributed by atoms with Crippen molar-refractivity contribution in [2.24, 2.45) is 0 Å². The van der Waals surface area contributed by atoms with Crippen LogP contribution in [0.5, 0.6) is 0 Å². The second kappa shape index (κ2) is 22.1. The topological polar surface area (TPSA) is 86.6 Å². The molecule has 0 bridgehead atoms. The minimum Gasteiger partial charge on any atom is -0.309 e. The maximum atomic E-state index is 8.09. The van der Waals surface area contributed by atoms with Gasteiger partial charge in [0.05, 0.1) is 23.3 Å². The Labute approximate surface area is 532 Å². The average Bonchev–Trinajstić information content (AvgIpc) is 1.67. The lowest BCUT2D eigenvalue weighted by atomic mass is 9.79. The van der Waals surface area contributed by atoms with E-state index in [1.165, 1.54) is 44.5 Å². The number of benzene rings is 7. The SMILES string of the molecule is [C-]#[N+]c1ccc2c(c1)c1ccccc1n2-c1ccc(-c2nc(-c3cc(C(C)(C)C)cc(C(C)(C)C)c3)nc(-c3cc(C(C)(C)C)cc(C(C)(C)C)c3)n2)cc1-c1nc(-c2cc(C(C)(C)C)cc(C(C)(C)C)c2)nc(-c2cc(C(C)(C)C)cc(C(C)(C)C)c2)n1. The minimum absolute atomic E-state index is 0.153. The van der Waals surface area contributed by atoms with E-state index in [1.807, 2.05) is 12.1 Å². The van der Waals surface area contributed by atoms with Crippen molar-refractivity contribution in [3.8, 4) is 74.0 Å². The van der Waals surface area contributed by atoms with Gasteiger partial charge in [0.25, 0.3) is 0 Å². The Balaban J connectivity index is 1.37. The zero-order valence-electron chi connectivity index (χ0n) is 57.8. The fourth-order valence-corrected chi connectivity index (χ4v) is 11.3. The summed E-state index contributed by atoms with van der Waals surface area (Å²) in [6, 6.07) is 48.5. The second-order valence-corrected chi connectivity index (χ2v) is 33.2. The van der Waals surface area contributed by atoms with E-state index < -0.39 is 0 Å². The molecule has 0 N–H and O–H groups in total. The Morgan fingerprint density at radius 1 is 0.281 bits per heavy atom. The van der Waals surface area contributed by atoms with E-state index in [0.29, 0.717) is 40.6 Å². The van der Waals surface area contributed by atoms with Crippen molar-refractivity contribution in [1.82, 2.24) is 34.5 Å². The highest BCUT2D eigenvalue weighted by Gasteiger charge is 2.30. The summed E-state index contributed by atoms with van der Waals surface area (Å²) in [4.78, 5) is 37.6. The molecule has 0 saturated carbocycles. The lowest BCUT2D eigenvalue weighted by Gasteiger charge is -2.26. The van der Waals surface area contributed by atoms with E-state index in [1.54, 1.807) is 0 Å². The molecule has 8 nitrogen and oxygen atoms in total. The highest BCUT2D eigenvalue weighted by atomic mass is 15.1. The van der Waals surface area contributed by atoms with Gasteiger partial charge in [0.2, 0.25) is 0 Å². The van der Waals surface area contributed by atoms with Crippen LogP contribution >= 0.6 is 0 Å². The maximum Gasteiger partial charge on any atom is 0.188 e. The van der Waals surface area contributed by atoms with Gasteiger partial charge in [-0.25, -0.2) is 34.7 Å². The van der Waals surface area contributed by atoms with Gasteiger partial charge in [-0.3, -0.25) is 0 Å². The zero-order valence-corrected chi connectivity index (χ0v) is 57.8. The Hall–Kier alpha value is -8.15. The van der Waals surface area contributed by atoms with Gasteiger partial charge in [-0.05, 0) is 178 Å². The molecule has 89 heavy (non-hydrogen) atoms. The van der Waals surface area contributed by atoms with Crippen molar-refractivity contribution >= 4 is 27.5 Å². The first kappa shape index (κ1) is 63.9. The molecule has 458 valence electrons. The van der Waals surface area contributed by atoms with Gasteiger partial charge in [-0.15, -0.1) is 0 Å². The Bertz CT molecular complexity index is 4130. The summed E-state index contributed by atoms with van der Waals surface area (Å²) in [6.07, 6.45) is 0. The van der Waals surface area contributed by atoms with Crippen LogP contribution in [0.15, 0.2) is 133 Å². The van der Waals surface area contributed by atoms with Gasteiger partial charge in [-0.1, -0.05) is 215 Å². The number of nitrogens with zero attached hydrogens (tertiary/aromatic N) is 8. The summed E-state index contributed by atoms with van der Waals surface area (Å²) in [5.74, 6) is 3.36. The molecular formula is C81H94N8. The summed E-state index contributed by atoms with van der Waals surface area (Å²) < 4.78 is 2.30. The average molecular weight is 1180 g/mol. The van der Waals surface area contributed by atoms with Crippen LogP contribution in [0, 0.1) is 6.57 Å². The largest absolute Gasteiger partial charge is 0.309 e. The van der Waals surface area contributed by atoms with Gasteiger partial charge < -0.3 is 4.57 Å². The Morgan fingerprint density at radius 2 is 0.573 bits per heavy atom. The monoisotopic (exact) mass is 1180 g/mol. The van der Waals surface area contributed by atoms with Gasteiger partial charge >= 0.3 is 0 Å². The zero-order chi connectivity index (χ0) is 65.1. The smallest absolute Gasteiger partial charge is 0.188 e. The standard InChI is InChI=1S/C81H94N8/c1-74(2,3)53-34-49(35-54(43-53)75(4,5)6)69-83-68(84-70(85-69)50-36-55(76(7,8)9)44-56(37-50)77(10,11)12)48-30-32-67(89-65-29-27-26-28-62(65)63-47-61(82-25)31-33-66(63)89)64(42-48)73-87-71(51-38-57(78(13,14)15)45-58(39-51)79(16,17)18)86-72(88-73)52-40-59(80(19,20)21)46-60(41-52)81(22,23)24/h26-47H,1-24H3. The molecule has 10 rings (SSSR count). The first-order chi connectivity index (χ1) is 41.0. The van der Waals surface area contributed by atoms with Crippen molar-refractivity contribution in [1.29, 1.82) is 0 Å². The molecule has 0 amide bonds. The highest BCUT2D eigenvalue weighted by Crippen LogP contribution is 2.43. The molecule has 0 aliphatic rings. The van der Waals surface area contributed by atoms with Crippen LogP contribution in [0.1, 0.15) is 211 Å². The first-order valence-corrected chi connectivity index (χ1v) is 31.8. The van der Waals surface area contributed by atoms with Gasteiger partial charge in [0.15, 0.2) is 40.6 Å².